The predicted molar refractivity (Wildman–Crippen MR) is 68.2 cm³/mol. The Kier molecular flexibility index (Phi) is 3.64. The van der Waals surface area contributed by atoms with Gasteiger partial charge in [-0.3, -0.25) is 4.98 Å². The van der Waals surface area contributed by atoms with E-state index < -0.39 is 0 Å². The van der Waals surface area contributed by atoms with Crippen LogP contribution in [0.4, 0.5) is 0 Å². The standard InChI is InChI=1S/C13H18N2O2/c1-3-9(8-14-2)6-10-4-5-12-11(7-10)15-13(16)17-12/h4-5,7,9,14H,3,6,8H2,1-2H3,(H,15,16). The van der Waals surface area contributed by atoms with E-state index in [0.717, 1.165) is 24.9 Å². The van der Waals surface area contributed by atoms with Crippen molar-refractivity contribution in [2.24, 2.45) is 5.92 Å². The van der Waals surface area contributed by atoms with Crippen LogP contribution in [-0.4, -0.2) is 18.6 Å². The summed E-state index contributed by atoms with van der Waals surface area (Å²) in [5.41, 5.74) is 2.64. The Morgan fingerprint density at radius 1 is 1.47 bits per heavy atom. The molecule has 4 nitrogen and oxygen atoms in total. The second-order valence-electron chi connectivity index (χ2n) is 4.38. The fourth-order valence-corrected chi connectivity index (χ4v) is 2.11. The van der Waals surface area contributed by atoms with Crippen molar-refractivity contribution in [2.75, 3.05) is 13.6 Å². The normalized spacial score (nSPS) is 13.1. The summed E-state index contributed by atoms with van der Waals surface area (Å²) in [7, 11) is 1.97. The SMILES string of the molecule is CCC(CNC)Cc1ccc2oc(=O)[nH]c2c1. The highest BCUT2D eigenvalue weighted by Gasteiger charge is 2.08. The highest BCUT2D eigenvalue weighted by Crippen LogP contribution is 2.16. The van der Waals surface area contributed by atoms with Crippen molar-refractivity contribution in [3.63, 3.8) is 0 Å². The smallest absolute Gasteiger partial charge is 0.408 e. The van der Waals surface area contributed by atoms with Gasteiger partial charge in [0.05, 0.1) is 5.52 Å². The topological polar surface area (TPSA) is 58.0 Å². The Morgan fingerprint density at radius 2 is 2.29 bits per heavy atom. The zero-order valence-electron chi connectivity index (χ0n) is 10.2. The molecule has 0 spiro atoms. The van der Waals surface area contributed by atoms with Crippen molar-refractivity contribution in [3.05, 3.63) is 34.3 Å². The minimum Gasteiger partial charge on any atom is -0.408 e. The fraction of sp³-hybridized carbons (Fsp3) is 0.462. The summed E-state index contributed by atoms with van der Waals surface area (Å²) < 4.78 is 4.98. The maximum absolute atomic E-state index is 11.0. The number of aromatic amines is 1. The molecule has 1 aromatic carbocycles. The van der Waals surface area contributed by atoms with Crippen LogP contribution in [0.1, 0.15) is 18.9 Å². The van der Waals surface area contributed by atoms with Crippen LogP contribution >= 0.6 is 0 Å². The number of nitrogens with one attached hydrogen (secondary N) is 2. The van der Waals surface area contributed by atoms with Gasteiger partial charge >= 0.3 is 5.76 Å². The molecule has 2 aromatic rings. The lowest BCUT2D eigenvalue weighted by Gasteiger charge is -2.13. The molecule has 0 saturated carbocycles. The Morgan fingerprint density at radius 3 is 3.00 bits per heavy atom. The summed E-state index contributed by atoms with van der Waals surface area (Å²) >= 11 is 0. The second kappa shape index (κ2) is 5.19. The molecule has 0 radical (unpaired) electrons. The lowest BCUT2D eigenvalue weighted by Crippen LogP contribution is -2.20. The van der Waals surface area contributed by atoms with E-state index >= 15 is 0 Å². The van der Waals surface area contributed by atoms with Gasteiger partial charge in [0.2, 0.25) is 0 Å². The molecular weight excluding hydrogens is 216 g/mol. The molecule has 1 unspecified atom stereocenters. The van der Waals surface area contributed by atoms with Crippen molar-refractivity contribution in [3.8, 4) is 0 Å². The molecule has 1 aromatic heterocycles. The molecule has 0 saturated heterocycles. The molecule has 0 amide bonds. The average molecular weight is 234 g/mol. The maximum Gasteiger partial charge on any atom is 0.417 e. The second-order valence-corrected chi connectivity index (χ2v) is 4.38. The quantitative estimate of drug-likeness (QED) is 0.830. The Hall–Kier alpha value is -1.55. The molecule has 17 heavy (non-hydrogen) atoms. The average Bonchev–Trinajstić information content (AvgIpc) is 2.68. The van der Waals surface area contributed by atoms with Gasteiger partial charge in [-0.25, -0.2) is 4.79 Å². The first kappa shape index (κ1) is 11.9. The first-order valence-corrected chi connectivity index (χ1v) is 5.99. The number of aromatic nitrogens is 1. The molecule has 0 fully saturated rings. The number of hydrogen-bond acceptors (Lipinski definition) is 3. The van der Waals surface area contributed by atoms with E-state index in [1.54, 1.807) is 0 Å². The van der Waals surface area contributed by atoms with Crippen LogP contribution in [0.5, 0.6) is 0 Å². The van der Waals surface area contributed by atoms with Crippen LogP contribution in [0.3, 0.4) is 0 Å². The van der Waals surface area contributed by atoms with Gasteiger partial charge in [-0.05, 0) is 43.6 Å². The number of oxazole rings is 1. The lowest BCUT2D eigenvalue weighted by atomic mass is 9.97. The molecule has 0 aliphatic rings. The third kappa shape index (κ3) is 2.77. The fourth-order valence-electron chi connectivity index (χ4n) is 2.11. The van der Waals surface area contributed by atoms with Crippen LogP contribution in [0.25, 0.3) is 11.1 Å². The summed E-state index contributed by atoms with van der Waals surface area (Å²) in [6.45, 7) is 3.21. The predicted octanol–water partition coefficient (Wildman–Crippen LogP) is 1.91. The maximum atomic E-state index is 11.0. The Balaban J connectivity index is 2.20. The number of hydrogen-bond donors (Lipinski definition) is 2. The van der Waals surface area contributed by atoms with Gasteiger partial charge in [-0.1, -0.05) is 19.4 Å². The van der Waals surface area contributed by atoms with Crippen molar-refractivity contribution in [1.82, 2.24) is 10.3 Å². The first-order chi connectivity index (χ1) is 8.22. The molecule has 4 heteroatoms. The van der Waals surface area contributed by atoms with Crippen LogP contribution in [0, 0.1) is 5.92 Å². The summed E-state index contributed by atoms with van der Waals surface area (Å²) in [6, 6.07) is 5.88. The number of benzene rings is 1. The first-order valence-electron chi connectivity index (χ1n) is 5.99. The molecule has 2 N–H and O–H groups in total. The molecule has 0 aliphatic heterocycles. The molecule has 1 heterocycles. The van der Waals surface area contributed by atoms with Crippen LogP contribution < -0.4 is 11.1 Å². The zero-order chi connectivity index (χ0) is 12.3. The molecular formula is C13H18N2O2. The van der Waals surface area contributed by atoms with E-state index in [9.17, 15) is 4.79 Å². The summed E-state index contributed by atoms with van der Waals surface area (Å²) in [4.78, 5) is 13.7. The Labute approximate surface area is 100 Å². The van der Waals surface area contributed by atoms with Crippen molar-refractivity contribution in [1.29, 1.82) is 0 Å². The van der Waals surface area contributed by atoms with E-state index in [1.807, 2.05) is 25.2 Å². The monoisotopic (exact) mass is 234 g/mol. The molecule has 2 rings (SSSR count). The van der Waals surface area contributed by atoms with Crippen LogP contribution in [0.15, 0.2) is 27.4 Å². The third-order valence-corrected chi connectivity index (χ3v) is 3.08. The molecule has 0 aliphatic carbocycles. The molecule has 92 valence electrons. The Bertz CT molecular complexity index is 542. The van der Waals surface area contributed by atoms with Crippen LogP contribution in [-0.2, 0) is 6.42 Å². The van der Waals surface area contributed by atoms with Gasteiger partial charge in [0.15, 0.2) is 5.58 Å². The van der Waals surface area contributed by atoms with E-state index in [0.29, 0.717) is 11.5 Å². The summed E-state index contributed by atoms with van der Waals surface area (Å²) in [5.74, 6) is 0.232. The van der Waals surface area contributed by atoms with E-state index in [1.165, 1.54) is 5.56 Å². The third-order valence-electron chi connectivity index (χ3n) is 3.08. The molecule has 1 atom stereocenters. The van der Waals surface area contributed by atoms with E-state index in [2.05, 4.69) is 17.2 Å². The lowest BCUT2D eigenvalue weighted by molar-refractivity contribution is 0.481. The highest BCUT2D eigenvalue weighted by atomic mass is 16.4. The number of rotatable bonds is 5. The number of fused-ring (bicyclic) bond motifs is 1. The van der Waals surface area contributed by atoms with Gasteiger partial charge < -0.3 is 9.73 Å². The number of H-pyrrole nitrogens is 1. The van der Waals surface area contributed by atoms with Gasteiger partial charge in [-0.15, -0.1) is 0 Å². The summed E-state index contributed by atoms with van der Waals surface area (Å²) in [5, 5.41) is 3.20. The van der Waals surface area contributed by atoms with E-state index in [4.69, 9.17) is 4.42 Å². The van der Waals surface area contributed by atoms with Gasteiger partial charge in [-0.2, -0.15) is 0 Å². The molecule has 0 bridgehead atoms. The summed E-state index contributed by atoms with van der Waals surface area (Å²) in [6.07, 6.45) is 2.15. The zero-order valence-corrected chi connectivity index (χ0v) is 10.2. The van der Waals surface area contributed by atoms with E-state index in [-0.39, 0.29) is 5.76 Å². The van der Waals surface area contributed by atoms with Crippen LogP contribution in [0.2, 0.25) is 0 Å². The van der Waals surface area contributed by atoms with Gasteiger partial charge in [0, 0.05) is 0 Å². The van der Waals surface area contributed by atoms with Gasteiger partial charge in [0.1, 0.15) is 0 Å². The van der Waals surface area contributed by atoms with Crippen molar-refractivity contribution in [2.45, 2.75) is 19.8 Å². The van der Waals surface area contributed by atoms with Crippen molar-refractivity contribution >= 4 is 11.1 Å². The largest absolute Gasteiger partial charge is 0.417 e. The minimum absolute atomic E-state index is 0.389. The minimum atomic E-state index is -0.389. The van der Waals surface area contributed by atoms with Gasteiger partial charge in [0.25, 0.3) is 0 Å². The van der Waals surface area contributed by atoms with Crippen molar-refractivity contribution < 1.29 is 4.42 Å². The highest BCUT2D eigenvalue weighted by molar-refractivity contribution is 5.72.